The van der Waals surface area contributed by atoms with Gasteiger partial charge in [0, 0.05) is 17.4 Å². The standard InChI is InChI=1S/C27H27F3NO2P/c1-15-11-19(13-20(16(15)2)27(32)33)21-23(28)24(29)22(26(34)25(21)30)18-8-6-7-17(12-18)14-31-9-4-3-5-10-31/h6-8,11-13H,3-5,9-10,14,34H2,1-2H3,(H,32,33). The summed E-state index contributed by atoms with van der Waals surface area (Å²) >= 11 is 0. The van der Waals surface area contributed by atoms with Gasteiger partial charge in [0.15, 0.2) is 11.6 Å². The summed E-state index contributed by atoms with van der Waals surface area (Å²) in [5.41, 5.74) is 1.59. The molecule has 1 saturated heterocycles. The van der Waals surface area contributed by atoms with Crippen molar-refractivity contribution in [2.24, 2.45) is 0 Å². The molecule has 0 saturated carbocycles. The maximum absolute atomic E-state index is 15.5. The third kappa shape index (κ3) is 4.62. The predicted molar refractivity (Wildman–Crippen MR) is 132 cm³/mol. The van der Waals surface area contributed by atoms with Crippen molar-refractivity contribution >= 4 is 20.5 Å². The minimum Gasteiger partial charge on any atom is -0.478 e. The van der Waals surface area contributed by atoms with Crippen molar-refractivity contribution in [3.05, 3.63) is 76.1 Å². The second-order valence-corrected chi connectivity index (χ2v) is 9.49. The maximum atomic E-state index is 15.5. The first-order valence-corrected chi connectivity index (χ1v) is 11.9. The molecule has 1 unspecified atom stereocenters. The van der Waals surface area contributed by atoms with E-state index in [1.165, 1.54) is 18.6 Å². The minimum atomic E-state index is -1.33. The van der Waals surface area contributed by atoms with E-state index in [0.29, 0.717) is 23.2 Å². The van der Waals surface area contributed by atoms with Gasteiger partial charge in [-0.2, -0.15) is 0 Å². The average molecular weight is 485 g/mol. The number of likely N-dealkylation sites (tertiary alicyclic amines) is 1. The number of piperidine rings is 1. The predicted octanol–water partition coefficient (Wildman–Crippen LogP) is 6.24. The number of hydrogen-bond acceptors (Lipinski definition) is 2. The Labute approximate surface area is 199 Å². The molecule has 0 amide bonds. The van der Waals surface area contributed by atoms with Gasteiger partial charge in [-0.1, -0.05) is 30.7 Å². The van der Waals surface area contributed by atoms with Crippen LogP contribution in [0.15, 0.2) is 36.4 Å². The summed E-state index contributed by atoms with van der Waals surface area (Å²) < 4.78 is 46.3. The van der Waals surface area contributed by atoms with Gasteiger partial charge in [0.05, 0.1) is 11.1 Å². The van der Waals surface area contributed by atoms with Crippen molar-refractivity contribution in [2.45, 2.75) is 39.7 Å². The SMILES string of the molecule is Cc1cc(-c2c(F)c(F)c(-c3cccc(CN4CCCCC4)c3)c(P)c2F)cc(C(=O)O)c1C. The third-order valence-corrected chi connectivity index (χ3v) is 7.16. The lowest BCUT2D eigenvalue weighted by atomic mass is 9.93. The molecule has 0 spiro atoms. The molecule has 0 radical (unpaired) electrons. The Bertz CT molecular complexity index is 1240. The number of benzene rings is 3. The summed E-state index contributed by atoms with van der Waals surface area (Å²) in [5.74, 6) is -4.64. The fourth-order valence-corrected chi connectivity index (χ4v) is 5.08. The van der Waals surface area contributed by atoms with Gasteiger partial charge < -0.3 is 5.11 Å². The molecule has 3 aromatic rings. The van der Waals surface area contributed by atoms with Gasteiger partial charge in [0.2, 0.25) is 0 Å². The van der Waals surface area contributed by atoms with Crippen molar-refractivity contribution in [3.8, 4) is 22.3 Å². The highest BCUT2D eigenvalue weighted by atomic mass is 31.0. The molecule has 0 aliphatic carbocycles. The van der Waals surface area contributed by atoms with Gasteiger partial charge in [-0.25, -0.2) is 18.0 Å². The molecule has 7 heteroatoms. The van der Waals surface area contributed by atoms with E-state index < -0.39 is 29.0 Å². The zero-order valence-corrected chi connectivity index (χ0v) is 20.4. The molecule has 1 fully saturated rings. The highest BCUT2D eigenvalue weighted by molar-refractivity contribution is 7.28. The number of carboxylic acid groups (broad SMARTS) is 1. The van der Waals surface area contributed by atoms with Crippen molar-refractivity contribution in [3.63, 3.8) is 0 Å². The lowest BCUT2D eigenvalue weighted by molar-refractivity contribution is 0.0696. The van der Waals surface area contributed by atoms with Crippen LogP contribution >= 0.6 is 9.24 Å². The van der Waals surface area contributed by atoms with Crippen molar-refractivity contribution in [1.82, 2.24) is 4.90 Å². The quantitative estimate of drug-likeness (QED) is 0.344. The topological polar surface area (TPSA) is 40.5 Å². The summed E-state index contributed by atoms with van der Waals surface area (Å²) in [6, 6.07) is 9.78. The second-order valence-electron chi connectivity index (χ2n) is 8.91. The molecule has 3 nitrogen and oxygen atoms in total. The third-order valence-electron chi connectivity index (χ3n) is 6.61. The second kappa shape index (κ2) is 9.89. The number of rotatable bonds is 5. The highest BCUT2D eigenvalue weighted by Crippen LogP contribution is 2.36. The van der Waals surface area contributed by atoms with Gasteiger partial charge in [0.1, 0.15) is 5.82 Å². The molecule has 0 aromatic heterocycles. The highest BCUT2D eigenvalue weighted by Gasteiger charge is 2.26. The molecule has 1 aliphatic rings. The first kappa shape index (κ1) is 24.4. The molecule has 1 N–H and O–H groups in total. The Balaban J connectivity index is 1.80. The van der Waals surface area contributed by atoms with Gasteiger partial charge >= 0.3 is 5.97 Å². The molecule has 1 atom stereocenters. The number of carbonyl (C=O) groups is 1. The van der Waals surface area contributed by atoms with Crippen molar-refractivity contribution in [1.29, 1.82) is 0 Å². The van der Waals surface area contributed by atoms with Crippen LogP contribution in [0.2, 0.25) is 0 Å². The number of hydrogen-bond donors (Lipinski definition) is 1. The van der Waals surface area contributed by atoms with E-state index in [4.69, 9.17) is 0 Å². The molecule has 34 heavy (non-hydrogen) atoms. The smallest absolute Gasteiger partial charge is 0.335 e. The van der Waals surface area contributed by atoms with Crippen LogP contribution in [-0.2, 0) is 6.54 Å². The molecule has 1 heterocycles. The van der Waals surface area contributed by atoms with Crippen LogP contribution in [0.25, 0.3) is 22.3 Å². The molecular weight excluding hydrogens is 458 g/mol. The van der Waals surface area contributed by atoms with Gasteiger partial charge in [-0.15, -0.1) is 9.24 Å². The molecular formula is C27H27F3NO2P. The Kier molecular flexibility index (Phi) is 7.11. The van der Waals surface area contributed by atoms with Crippen LogP contribution in [0.3, 0.4) is 0 Å². The summed E-state index contributed by atoms with van der Waals surface area (Å²) in [4.78, 5) is 13.9. The van der Waals surface area contributed by atoms with Crippen LogP contribution in [0, 0.1) is 31.3 Å². The van der Waals surface area contributed by atoms with E-state index >= 15 is 13.2 Å². The molecule has 0 bridgehead atoms. The number of aryl methyl sites for hydroxylation is 1. The van der Waals surface area contributed by atoms with Crippen molar-refractivity contribution < 1.29 is 23.1 Å². The first-order valence-electron chi connectivity index (χ1n) is 11.3. The Morgan fingerprint density at radius 2 is 1.62 bits per heavy atom. The van der Waals surface area contributed by atoms with Crippen LogP contribution in [-0.4, -0.2) is 29.1 Å². The first-order chi connectivity index (χ1) is 16.2. The van der Waals surface area contributed by atoms with Gasteiger partial charge in [-0.3, -0.25) is 4.90 Å². The Morgan fingerprint density at radius 3 is 2.29 bits per heavy atom. The van der Waals surface area contributed by atoms with Crippen LogP contribution < -0.4 is 5.30 Å². The van der Waals surface area contributed by atoms with E-state index in [1.807, 2.05) is 6.07 Å². The molecule has 1 aliphatic heterocycles. The van der Waals surface area contributed by atoms with E-state index in [-0.39, 0.29) is 22.0 Å². The van der Waals surface area contributed by atoms with Crippen LogP contribution in [0.1, 0.15) is 46.3 Å². The maximum Gasteiger partial charge on any atom is 0.335 e. The molecule has 3 aromatic carbocycles. The zero-order chi connectivity index (χ0) is 24.6. The summed E-state index contributed by atoms with van der Waals surface area (Å²) in [5, 5.41) is 9.38. The van der Waals surface area contributed by atoms with E-state index in [0.717, 1.165) is 31.5 Å². The van der Waals surface area contributed by atoms with Crippen LogP contribution in [0.4, 0.5) is 13.2 Å². The number of aromatic carboxylic acids is 1. The van der Waals surface area contributed by atoms with Crippen LogP contribution in [0.5, 0.6) is 0 Å². The lowest BCUT2D eigenvalue weighted by Gasteiger charge is -2.26. The number of carboxylic acids is 1. The Hall–Kier alpha value is -2.69. The summed E-state index contributed by atoms with van der Waals surface area (Å²) in [6.07, 6.45) is 3.51. The lowest BCUT2D eigenvalue weighted by Crippen LogP contribution is -2.29. The molecule has 4 rings (SSSR count). The number of halogens is 3. The van der Waals surface area contributed by atoms with E-state index in [2.05, 4.69) is 14.1 Å². The fraction of sp³-hybridized carbons (Fsp3) is 0.296. The van der Waals surface area contributed by atoms with E-state index in [9.17, 15) is 9.90 Å². The molecule has 178 valence electrons. The van der Waals surface area contributed by atoms with Crippen molar-refractivity contribution in [2.75, 3.05) is 13.1 Å². The zero-order valence-electron chi connectivity index (χ0n) is 19.2. The summed E-state index contributed by atoms with van der Waals surface area (Å²) in [6.45, 7) is 5.98. The monoisotopic (exact) mass is 485 g/mol. The minimum absolute atomic E-state index is 0.0106. The van der Waals surface area contributed by atoms with Gasteiger partial charge in [-0.05, 0) is 79.7 Å². The number of nitrogens with zero attached hydrogens (tertiary/aromatic N) is 1. The Morgan fingerprint density at radius 1 is 0.941 bits per heavy atom. The largest absolute Gasteiger partial charge is 0.478 e. The van der Waals surface area contributed by atoms with E-state index in [1.54, 1.807) is 32.0 Å². The van der Waals surface area contributed by atoms with Gasteiger partial charge in [0.25, 0.3) is 0 Å². The fourth-order valence-electron chi connectivity index (χ4n) is 4.64. The summed E-state index contributed by atoms with van der Waals surface area (Å²) in [7, 11) is 2.19. The average Bonchev–Trinajstić information content (AvgIpc) is 2.81. The normalized spacial score (nSPS) is 14.4.